The Bertz CT molecular complexity index is 856. The number of carbonyl (C=O) groups is 3. The van der Waals surface area contributed by atoms with Gasteiger partial charge < -0.3 is 14.2 Å². The van der Waals surface area contributed by atoms with E-state index in [2.05, 4.69) is 34.6 Å². The predicted molar refractivity (Wildman–Crippen MR) is 238 cm³/mol. The lowest BCUT2D eigenvalue weighted by Crippen LogP contribution is -2.30. The van der Waals surface area contributed by atoms with E-state index >= 15 is 0 Å². The maximum atomic E-state index is 12.7. The second-order valence-corrected chi connectivity index (χ2v) is 17.8. The Morgan fingerprint density at radius 2 is 0.679 bits per heavy atom. The largest absolute Gasteiger partial charge is 0.462 e. The van der Waals surface area contributed by atoms with Crippen LogP contribution >= 0.6 is 0 Å². The quantitative estimate of drug-likeness (QED) is 0.0347. The van der Waals surface area contributed by atoms with Gasteiger partial charge >= 0.3 is 17.9 Å². The molecule has 0 aromatic rings. The minimum absolute atomic E-state index is 0.0645. The van der Waals surface area contributed by atoms with Gasteiger partial charge in [0.25, 0.3) is 0 Å². The molecule has 6 heteroatoms. The van der Waals surface area contributed by atoms with Gasteiger partial charge in [-0.1, -0.05) is 234 Å². The van der Waals surface area contributed by atoms with Crippen LogP contribution in [0.15, 0.2) is 0 Å². The second-order valence-electron chi connectivity index (χ2n) is 17.8. The van der Waals surface area contributed by atoms with E-state index in [0.29, 0.717) is 19.3 Å². The smallest absolute Gasteiger partial charge is 0.306 e. The van der Waals surface area contributed by atoms with Gasteiger partial charge in [-0.25, -0.2) is 0 Å². The van der Waals surface area contributed by atoms with Gasteiger partial charge in [-0.2, -0.15) is 0 Å². The summed E-state index contributed by atoms with van der Waals surface area (Å²) in [6.45, 7) is 11.4. The topological polar surface area (TPSA) is 78.9 Å². The zero-order valence-electron chi connectivity index (χ0n) is 38.3. The number of ether oxygens (including phenoxy) is 3. The molecule has 0 radical (unpaired) electrons. The molecule has 0 fully saturated rings. The van der Waals surface area contributed by atoms with Crippen molar-refractivity contribution in [1.82, 2.24) is 0 Å². The van der Waals surface area contributed by atoms with Crippen molar-refractivity contribution in [3.8, 4) is 0 Å². The Balaban J connectivity index is 4.34. The van der Waals surface area contributed by atoms with Gasteiger partial charge in [0.2, 0.25) is 0 Å². The molecular weight excluding hydrogens is 697 g/mol. The summed E-state index contributed by atoms with van der Waals surface area (Å²) in [6.07, 6.45) is 42.2. The van der Waals surface area contributed by atoms with Crippen molar-refractivity contribution in [2.24, 2.45) is 11.8 Å². The summed E-state index contributed by atoms with van der Waals surface area (Å²) in [5, 5.41) is 0. The fourth-order valence-electron chi connectivity index (χ4n) is 7.43. The van der Waals surface area contributed by atoms with Crippen LogP contribution in [0.2, 0.25) is 0 Å². The number of hydrogen-bond acceptors (Lipinski definition) is 6. The van der Waals surface area contributed by atoms with Crippen LogP contribution in [-0.4, -0.2) is 37.2 Å². The number of carbonyl (C=O) groups excluding carboxylic acids is 3. The minimum Gasteiger partial charge on any atom is -0.462 e. The number of esters is 3. The molecule has 0 aliphatic rings. The Kier molecular flexibility index (Phi) is 41.8. The Labute approximate surface area is 348 Å². The first-order valence-electron chi connectivity index (χ1n) is 24.8. The summed E-state index contributed by atoms with van der Waals surface area (Å²) in [7, 11) is 0. The molecule has 0 aromatic carbocycles. The molecule has 0 amide bonds. The average molecular weight is 793 g/mol. The molecule has 2 atom stereocenters. The second kappa shape index (κ2) is 43.0. The van der Waals surface area contributed by atoms with Gasteiger partial charge in [-0.3, -0.25) is 14.4 Å². The predicted octanol–water partition coefficient (Wildman–Crippen LogP) is 15.8. The molecule has 332 valence electrons. The highest BCUT2D eigenvalue weighted by atomic mass is 16.6. The maximum Gasteiger partial charge on any atom is 0.306 e. The molecule has 0 spiro atoms. The van der Waals surface area contributed by atoms with E-state index in [1.54, 1.807) is 0 Å². The van der Waals surface area contributed by atoms with E-state index in [9.17, 15) is 14.4 Å². The fourth-order valence-corrected chi connectivity index (χ4v) is 7.43. The highest BCUT2D eigenvalue weighted by Gasteiger charge is 2.19. The molecule has 0 heterocycles. The van der Waals surface area contributed by atoms with Gasteiger partial charge in [-0.15, -0.1) is 0 Å². The van der Waals surface area contributed by atoms with Gasteiger partial charge in [0.15, 0.2) is 6.10 Å². The molecule has 56 heavy (non-hydrogen) atoms. The van der Waals surface area contributed by atoms with E-state index in [1.165, 1.54) is 161 Å². The van der Waals surface area contributed by atoms with Crippen molar-refractivity contribution in [2.45, 2.75) is 278 Å². The zero-order valence-corrected chi connectivity index (χ0v) is 38.3. The summed E-state index contributed by atoms with van der Waals surface area (Å²) >= 11 is 0. The molecular formula is C50H96O6. The van der Waals surface area contributed by atoms with Crippen LogP contribution in [0.5, 0.6) is 0 Å². The lowest BCUT2D eigenvalue weighted by molar-refractivity contribution is -0.167. The molecule has 0 aromatic heterocycles. The molecule has 6 nitrogen and oxygen atoms in total. The Morgan fingerprint density at radius 3 is 1.02 bits per heavy atom. The third-order valence-electron chi connectivity index (χ3n) is 11.6. The van der Waals surface area contributed by atoms with Crippen LogP contribution in [0.3, 0.4) is 0 Å². The van der Waals surface area contributed by atoms with Crippen molar-refractivity contribution in [3.63, 3.8) is 0 Å². The van der Waals surface area contributed by atoms with Gasteiger partial charge in [0.05, 0.1) is 0 Å². The van der Waals surface area contributed by atoms with E-state index < -0.39 is 6.10 Å². The summed E-state index contributed by atoms with van der Waals surface area (Å²) < 4.78 is 16.8. The van der Waals surface area contributed by atoms with Crippen LogP contribution < -0.4 is 0 Å². The third kappa shape index (κ3) is 42.0. The van der Waals surface area contributed by atoms with E-state index in [0.717, 1.165) is 69.6 Å². The fraction of sp³-hybridized carbons (Fsp3) is 0.940. The van der Waals surface area contributed by atoms with E-state index in [-0.39, 0.29) is 31.1 Å². The molecule has 0 N–H and O–H groups in total. The Morgan fingerprint density at radius 1 is 0.375 bits per heavy atom. The zero-order chi connectivity index (χ0) is 41.2. The molecule has 0 saturated carbocycles. The first-order valence-corrected chi connectivity index (χ1v) is 24.8. The molecule has 0 rings (SSSR count). The van der Waals surface area contributed by atoms with Crippen molar-refractivity contribution in [2.75, 3.05) is 13.2 Å². The average Bonchev–Trinajstić information content (AvgIpc) is 3.18. The van der Waals surface area contributed by atoms with Crippen molar-refractivity contribution in [1.29, 1.82) is 0 Å². The Hall–Kier alpha value is -1.59. The van der Waals surface area contributed by atoms with Crippen LogP contribution in [0.4, 0.5) is 0 Å². The first kappa shape index (κ1) is 54.4. The van der Waals surface area contributed by atoms with E-state index in [4.69, 9.17) is 14.2 Å². The van der Waals surface area contributed by atoms with E-state index in [1.807, 2.05) is 0 Å². The van der Waals surface area contributed by atoms with Crippen molar-refractivity contribution >= 4 is 17.9 Å². The van der Waals surface area contributed by atoms with Crippen molar-refractivity contribution in [3.05, 3.63) is 0 Å². The van der Waals surface area contributed by atoms with Gasteiger partial charge in [0.1, 0.15) is 13.2 Å². The molecule has 0 saturated heterocycles. The summed E-state index contributed by atoms with van der Waals surface area (Å²) in [4.78, 5) is 37.8. The van der Waals surface area contributed by atoms with Crippen LogP contribution in [0.1, 0.15) is 272 Å². The normalized spacial score (nSPS) is 12.5. The third-order valence-corrected chi connectivity index (χ3v) is 11.6. The number of rotatable bonds is 44. The SMILES string of the molecule is CCCCCCCCCCCCCCCC(=O)O[C@H](COC(=O)CCCCCCCCCCCCC(C)C)COC(=O)CCCCCCCCCCC(C)CC. The number of unbranched alkanes of at least 4 members (excludes halogenated alkanes) is 28. The summed E-state index contributed by atoms with van der Waals surface area (Å²) in [6, 6.07) is 0. The van der Waals surface area contributed by atoms with Gasteiger partial charge in [-0.05, 0) is 31.1 Å². The van der Waals surface area contributed by atoms with Crippen molar-refractivity contribution < 1.29 is 28.6 Å². The lowest BCUT2D eigenvalue weighted by atomic mass is 9.99. The van der Waals surface area contributed by atoms with Gasteiger partial charge in [0, 0.05) is 19.3 Å². The maximum absolute atomic E-state index is 12.7. The molecule has 0 aliphatic heterocycles. The first-order chi connectivity index (χ1) is 27.3. The monoisotopic (exact) mass is 793 g/mol. The highest BCUT2D eigenvalue weighted by molar-refractivity contribution is 5.71. The molecule has 0 aliphatic carbocycles. The molecule has 0 bridgehead atoms. The minimum atomic E-state index is -0.761. The van der Waals surface area contributed by atoms with Crippen LogP contribution in [0, 0.1) is 11.8 Å². The number of hydrogen-bond donors (Lipinski definition) is 0. The lowest BCUT2D eigenvalue weighted by Gasteiger charge is -2.18. The highest BCUT2D eigenvalue weighted by Crippen LogP contribution is 2.17. The standard InChI is InChI=1S/C50H96O6/c1-6-8-9-10-11-12-13-14-15-20-27-32-37-42-50(53)56-47(44-55-49(52)41-36-31-26-22-21-24-29-34-39-46(5)7-2)43-54-48(51)40-35-30-25-19-17-16-18-23-28-33-38-45(3)4/h45-47H,6-44H2,1-5H3/t46?,47-/m1/s1. The summed E-state index contributed by atoms with van der Waals surface area (Å²) in [5.41, 5.74) is 0. The van der Waals surface area contributed by atoms with Crippen LogP contribution in [-0.2, 0) is 28.6 Å². The van der Waals surface area contributed by atoms with Crippen LogP contribution in [0.25, 0.3) is 0 Å². The molecule has 1 unspecified atom stereocenters. The summed E-state index contributed by atoms with van der Waals surface area (Å²) in [5.74, 6) is 0.814.